The zero-order chi connectivity index (χ0) is 16.9. The van der Waals surface area contributed by atoms with Crippen molar-refractivity contribution >= 4 is 16.1 Å². The first-order valence-electron chi connectivity index (χ1n) is 7.21. The van der Waals surface area contributed by atoms with Crippen LogP contribution in [0.2, 0.25) is 0 Å². The molecule has 6 nitrogen and oxygen atoms in total. The maximum absolute atomic E-state index is 12.3. The SMILES string of the molecule is CC(C)C(C)NC(=O)NCc1ccccc1S(=O)(=O)N(C)C. The van der Waals surface area contributed by atoms with E-state index < -0.39 is 10.0 Å². The Morgan fingerprint density at radius 1 is 1.18 bits per heavy atom. The number of benzene rings is 1. The molecule has 1 atom stereocenters. The summed E-state index contributed by atoms with van der Waals surface area (Å²) in [6, 6.07) is 6.39. The molecule has 0 saturated carbocycles. The van der Waals surface area contributed by atoms with Gasteiger partial charge in [-0.2, -0.15) is 0 Å². The highest BCUT2D eigenvalue weighted by molar-refractivity contribution is 7.89. The van der Waals surface area contributed by atoms with Crippen LogP contribution in [0.5, 0.6) is 0 Å². The standard InChI is InChI=1S/C15H25N3O3S/c1-11(2)12(3)17-15(19)16-10-13-8-6-7-9-14(13)22(20,21)18(4)5/h6-9,11-12H,10H2,1-5H3,(H2,16,17,19). The molecule has 0 aliphatic heterocycles. The van der Waals surface area contributed by atoms with Gasteiger partial charge >= 0.3 is 6.03 Å². The van der Waals surface area contributed by atoms with Crippen LogP contribution in [0.25, 0.3) is 0 Å². The summed E-state index contributed by atoms with van der Waals surface area (Å²) in [5.41, 5.74) is 0.559. The van der Waals surface area contributed by atoms with Gasteiger partial charge < -0.3 is 10.6 Å². The van der Waals surface area contributed by atoms with Crippen molar-refractivity contribution in [3.63, 3.8) is 0 Å². The number of sulfonamides is 1. The molecule has 0 aliphatic rings. The summed E-state index contributed by atoms with van der Waals surface area (Å²) in [5.74, 6) is 0.326. The minimum Gasteiger partial charge on any atom is -0.335 e. The molecular weight excluding hydrogens is 302 g/mol. The molecule has 124 valence electrons. The summed E-state index contributed by atoms with van der Waals surface area (Å²) >= 11 is 0. The maximum Gasteiger partial charge on any atom is 0.315 e. The first kappa shape index (κ1) is 18.4. The molecule has 1 aromatic carbocycles. The van der Waals surface area contributed by atoms with Crippen LogP contribution in [-0.4, -0.2) is 38.9 Å². The summed E-state index contributed by atoms with van der Waals surface area (Å²) in [6.07, 6.45) is 0. The topological polar surface area (TPSA) is 78.5 Å². The number of carbonyl (C=O) groups excluding carboxylic acids is 1. The van der Waals surface area contributed by atoms with Crippen molar-refractivity contribution in [1.29, 1.82) is 0 Å². The largest absolute Gasteiger partial charge is 0.335 e. The van der Waals surface area contributed by atoms with Crippen molar-refractivity contribution < 1.29 is 13.2 Å². The third kappa shape index (κ3) is 4.71. The molecule has 1 aromatic rings. The van der Waals surface area contributed by atoms with Crippen LogP contribution in [-0.2, 0) is 16.6 Å². The van der Waals surface area contributed by atoms with Gasteiger partial charge in [0.25, 0.3) is 0 Å². The molecule has 0 radical (unpaired) electrons. The summed E-state index contributed by atoms with van der Waals surface area (Å²) in [5, 5.41) is 5.52. The van der Waals surface area contributed by atoms with Gasteiger partial charge in [-0.15, -0.1) is 0 Å². The number of amides is 2. The van der Waals surface area contributed by atoms with E-state index in [2.05, 4.69) is 10.6 Å². The molecule has 1 rings (SSSR count). The molecule has 7 heteroatoms. The van der Waals surface area contributed by atoms with Gasteiger partial charge in [-0.05, 0) is 24.5 Å². The van der Waals surface area contributed by atoms with E-state index in [4.69, 9.17) is 0 Å². The van der Waals surface area contributed by atoms with Crippen LogP contribution >= 0.6 is 0 Å². The van der Waals surface area contributed by atoms with Crippen LogP contribution in [0, 0.1) is 5.92 Å². The monoisotopic (exact) mass is 327 g/mol. The van der Waals surface area contributed by atoms with Crippen LogP contribution in [0.4, 0.5) is 4.79 Å². The van der Waals surface area contributed by atoms with E-state index in [9.17, 15) is 13.2 Å². The lowest BCUT2D eigenvalue weighted by Crippen LogP contribution is -2.42. The quantitative estimate of drug-likeness (QED) is 0.836. The van der Waals surface area contributed by atoms with Crippen molar-refractivity contribution in [1.82, 2.24) is 14.9 Å². The zero-order valence-corrected chi connectivity index (χ0v) is 14.6. The highest BCUT2D eigenvalue weighted by atomic mass is 32.2. The predicted octanol–water partition coefficient (Wildman–Crippen LogP) is 1.78. The Morgan fingerprint density at radius 3 is 2.32 bits per heavy atom. The van der Waals surface area contributed by atoms with Crippen molar-refractivity contribution in [2.45, 2.75) is 38.3 Å². The first-order chi connectivity index (χ1) is 10.2. The number of nitrogens with one attached hydrogen (secondary N) is 2. The lowest BCUT2D eigenvalue weighted by molar-refractivity contribution is 0.234. The summed E-state index contributed by atoms with van der Waals surface area (Å²) < 4.78 is 25.7. The molecular formula is C15H25N3O3S. The number of nitrogens with zero attached hydrogens (tertiary/aromatic N) is 1. The molecule has 22 heavy (non-hydrogen) atoms. The van der Waals surface area contributed by atoms with Crippen LogP contribution < -0.4 is 10.6 Å². The van der Waals surface area contributed by atoms with Gasteiger partial charge in [0.1, 0.15) is 0 Å². The van der Waals surface area contributed by atoms with Crippen LogP contribution in [0.1, 0.15) is 26.3 Å². The minimum absolute atomic E-state index is 0.0424. The Labute approximate surface area is 132 Å². The fraction of sp³-hybridized carbons (Fsp3) is 0.533. The Kier molecular flexibility index (Phi) is 6.37. The van der Waals surface area contributed by atoms with Crippen molar-refractivity contribution in [3.05, 3.63) is 29.8 Å². The second-order valence-electron chi connectivity index (χ2n) is 5.75. The molecule has 0 fully saturated rings. The van der Waals surface area contributed by atoms with E-state index in [1.165, 1.54) is 14.1 Å². The zero-order valence-electron chi connectivity index (χ0n) is 13.8. The Hall–Kier alpha value is -1.60. The van der Waals surface area contributed by atoms with Crippen molar-refractivity contribution in [2.24, 2.45) is 5.92 Å². The smallest absolute Gasteiger partial charge is 0.315 e. The highest BCUT2D eigenvalue weighted by Gasteiger charge is 2.21. The Bertz CT molecular complexity index is 612. The Balaban J connectivity index is 2.82. The molecule has 0 saturated heterocycles. The van der Waals surface area contributed by atoms with Gasteiger partial charge in [0, 0.05) is 26.7 Å². The minimum atomic E-state index is -3.53. The molecule has 2 N–H and O–H groups in total. The van der Waals surface area contributed by atoms with Crippen molar-refractivity contribution in [2.75, 3.05) is 14.1 Å². The second kappa shape index (κ2) is 7.60. The molecule has 0 heterocycles. The fourth-order valence-corrected chi connectivity index (χ4v) is 2.81. The molecule has 0 spiro atoms. The van der Waals surface area contributed by atoms with Crippen LogP contribution in [0.3, 0.4) is 0 Å². The van der Waals surface area contributed by atoms with Gasteiger partial charge in [-0.3, -0.25) is 0 Å². The normalized spacial score (nSPS) is 13.2. The number of hydrogen-bond donors (Lipinski definition) is 2. The molecule has 2 amide bonds. The number of rotatable bonds is 6. The predicted molar refractivity (Wildman–Crippen MR) is 87.0 cm³/mol. The number of urea groups is 1. The molecule has 1 unspecified atom stereocenters. The summed E-state index contributed by atoms with van der Waals surface area (Å²) in [7, 11) is -0.565. The van der Waals surface area contributed by atoms with E-state index in [-0.39, 0.29) is 23.5 Å². The third-order valence-electron chi connectivity index (χ3n) is 3.53. The molecule has 0 aliphatic carbocycles. The van der Waals surface area contributed by atoms with E-state index in [1.54, 1.807) is 24.3 Å². The Morgan fingerprint density at radius 2 is 1.77 bits per heavy atom. The van der Waals surface area contributed by atoms with Crippen molar-refractivity contribution in [3.8, 4) is 0 Å². The average molecular weight is 327 g/mol. The summed E-state index contributed by atoms with van der Waals surface area (Å²) in [6.45, 7) is 6.11. The van der Waals surface area contributed by atoms with E-state index in [1.807, 2.05) is 20.8 Å². The fourth-order valence-electron chi connectivity index (χ4n) is 1.70. The average Bonchev–Trinajstić information content (AvgIpc) is 2.45. The lowest BCUT2D eigenvalue weighted by Gasteiger charge is -2.19. The van der Waals surface area contributed by atoms with Crippen LogP contribution in [0.15, 0.2) is 29.2 Å². The van der Waals surface area contributed by atoms with Gasteiger partial charge in [-0.1, -0.05) is 32.0 Å². The van der Waals surface area contributed by atoms with E-state index >= 15 is 0 Å². The van der Waals surface area contributed by atoms with Gasteiger partial charge in [0.2, 0.25) is 10.0 Å². The third-order valence-corrected chi connectivity index (χ3v) is 5.44. The molecule has 0 aromatic heterocycles. The van der Waals surface area contributed by atoms with E-state index in [0.29, 0.717) is 11.5 Å². The van der Waals surface area contributed by atoms with Gasteiger partial charge in [0.05, 0.1) is 4.90 Å². The van der Waals surface area contributed by atoms with Gasteiger partial charge in [0.15, 0.2) is 0 Å². The first-order valence-corrected chi connectivity index (χ1v) is 8.65. The maximum atomic E-state index is 12.3. The number of carbonyl (C=O) groups is 1. The lowest BCUT2D eigenvalue weighted by atomic mass is 10.1. The van der Waals surface area contributed by atoms with Gasteiger partial charge in [-0.25, -0.2) is 17.5 Å². The number of hydrogen-bond acceptors (Lipinski definition) is 3. The highest BCUT2D eigenvalue weighted by Crippen LogP contribution is 2.18. The molecule has 0 bridgehead atoms. The summed E-state index contributed by atoms with van der Waals surface area (Å²) in [4.78, 5) is 12.0. The van der Waals surface area contributed by atoms with E-state index in [0.717, 1.165) is 4.31 Å². The second-order valence-corrected chi connectivity index (χ2v) is 7.88.